The highest BCUT2D eigenvalue weighted by Gasteiger charge is 2.06. The summed E-state index contributed by atoms with van der Waals surface area (Å²) in [5.41, 5.74) is 0.425. The van der Waals surface area contributed by atoms with Crippen molar-refractivity contribution in [1.82, 2.24) is 5.32 Å². The van der Waals surface area contributed by atoms with Gasteiger partial charge in [0.05, 0.1) is 5.02 Å². The van der Waals surface area contributed by atoms with Crippen LogP contribution in [0.3, 0.4) is 0 Å². The molecule has 0 radical (unpaired) electrons. The number of amides is 2. The van der Waals surface area contributed by atoms with Gasteiger partial charge in [-0.2, -0.15) is 0 Å². The van der Waals surface area contributed by atoms with E-state index in [1.54, 1.807) is 0 Å². The van der Waals surface area contributed by atoms with Crippen molar-refractivity contribution < 1.29 is 14.3 Å². The zero-order chi connectivity index (χ0) is 13.5. The SMILES string of the molecule is CC(CCO)CNC(=O)Nc1ccc(F)c(Cl)c1. The molecule has 0 aliphatic carbocycles. The largest absolute Gasteiger partial charge is 0.396 e. The van der Waals surface area contributed by atoms with Crippen LogP contribution in [0.1, 0.15) is 13.3 Å². The van der Waals surface area contributed by atoms with Crippen molar-refractivity contribution in [3.8, 4) is 0 Å². The summed E-state index contributed by atoms with van der Waals surface area (Å²) in [6, 6.07) is 3.57. The molecule has 1 rings (SSSR count). The number of aliphatic hydroxyl groups excluding tert-OH is 1. The van der Waals surface area contributed by atoms with Crippen molar-refractivity contribution in [1.29, 1.82) is 0 Å². The maximum atomic E-state index is 12.9. The van der Waals surface area contributed by atoms with Gasteiger partial charge in [0.2, 0.25) is 0 Å². The number of carbonyl (C=O) groups is 1. The van der Waals surface area contributed by atoms with E-state index in [2.05, 4.69) is 10.6 Å². The Morgan fingerprint density at radius 1 is 1.56 bits per heavy atom. The Hall–Kier alpha value is -1.33. The number of aliphatic hydroxyl groups is 1. The van der Waals surface area contributed by atoms with Crippen LogP contribution < -0.4 is 10.6 Å². The first-order valence-electron chi connectivity index (χ1n) is 5.63. The fourth-order valence-electron chi connectivity index (χ4n) is 1.34. The summed E-state index contributed by atoms with van der Waals surface area (Å²) in [6.07, 6.45) is 0.628. The molecule has 1 aromatic rings. The predicted octanol–water partition coefficient (Wildman–Crippen LogP) is 2.62. The Morgan fingerprint density at radius 3 is 2.89 bits per heavy atom. The van der Waals surface area contributed by atoms with Crippen LogP contribution in [0.2, 0.25) is 5.02 Å². The summed E-state index contributed by atoms with van der Waals surface area (Å²) < 4.78 is 12.9. The number of urea groups is 1. The molecule has 0 fully saturated rings. The highest BCUT2D eigenvalue weighted by atomic mass is 35.5. The van der Waals surface area contributed by atoms with Gasteiger partial charge in [0, 0.05) is 18.8 Å². The second-order valence-corrected chi connectivity index (χ2v) is 4.49. The van der Waals surface area contributed by atoms with E-state index < -0.39 is 5.82 Å². The van der Waals surface area contributed by atoms with Crippen LogP contribution in [0, 0.1) is 11.7 Å². The quantitative estimate of drug-likeness (QED) is 0.773. The van der Waals surface area contributed by atoms with Gasteiger partial charge in [-0.3, -0.25) is 0 Å². The third-order valence-electron chi connectivity index (χ3n) is 2.41. The van der Waals surface area contributed by atoms with Crippen LogP contribution in [0.4, 0.5) is 14.9 Å². The number of hydrogen-bond donors (Lipinski definition) is 3. The number of carbonyl (C=O) groups excluding carboxylic acids is 1. The van der Waals surface area contributed by atoms with E-state index in [1.165, 1.54) is 18.2 Å². The van der Waals surface area contributed by atoms with E-state index in [-0.39, 0.29) is 23.6 Å². The fourth-order valence-corrected chi connectivity index (χ4v) is 1.52. The Labute approximate surface area is 110 Å². The Balaban J connectivity index is 2.42. The summed E-state index contributed by atoms with van der Waals surface area (Å²) in [5, 5.41) is 13.9. The third-order valence-corrected chi connectivity index (χ3v) is 2.70. The first-order valence-corrected chi connectivity index (χ1v) is 6.01. The molecule has 4 nitrogen and oxygen atoms in total. The van der Waals surface area contributed by atoms with Gasteiger partial charge >= 0.3 is 6.03 Å². The number of hydrogen-bond acceptors (Lipinski definition) is 2. The summed E-state index contributed by atoms with van der Waals surface area (Å²) in [7, 11) is 0. The maximum Gasteiger partial charge on any atom is 0.319 e. The van der Waals surface area contributed by atoms with Gasteiger partial charge < -0.3 is 15.7 Å². The van der Waals surface area contributed by atoms with Crippen LogP contribution in [0.15, 0.2) is 18.2 Å². The molecule has 0 aliphatic rings. The number of nitrogens with one attached hydrogen (secondary N) is 2. The number of rotatable bonds is 5. The molecule has 0 saturated carbocycles. The highest BCUT2D eigenvalue weighted by molar-refractivity contribution is 6.31. The zero-order valence-electron chi connectivity index (χ0n) is 10.0. The topological polar surface area (TPSA) is 61.4 Å². The summed E-state index contributed by atoms with van der Waals surface area (Å²) in [4.78, 5) is 11.5. The highest BCUT2D eigenvalue weighted by Crippen LogP contribution is 2.19. The molecular weight excluding hydrogens is 259 g/mol. The molecule has 0 saturated heterocycles. The molecule has 0 spiro atoms. The molecule has 1 unspecified atom stereocenters. The fraction of sp³-hybridized carbons (Fsp3) is 0.417. The lowest BCUT2D eigenvalue weighted by atomic mass is 10.1. The van der Waals surface area contributed by atoms with Crippen molar-refractivity contribution in [2.75, 3.05) is 18.5 Å². The average Bonchev–Trinajstić information content (AvgIpc) is 2.32. The second-order valence-electron chi connectivity index (χ2n) is 4.08. The van der Waals surface area contributed by atoms with Crippen molar-refractivity contribution in [3.05, 3.63) is 29.0 Å². The van der Waals surface area contributed by atoms with Crippen molar-refractivity contribution in [3.63, 3.8) is 0 Å². The van der Waals surface area contributed by atoms with E-state index in [4.69, 9.17) is 16.7 Å². The van der Waals surface area contributed by atoms with E-state index in [9.17, 15) is 9.18 Å². The van der Waals surface area contributed by atoms with E-state index >= 15 is 0 Å². The molecule has 2 amide bonds. The maximum absolute atomic E-state index is 12.9. The van der Waals surface area contributed by atoms with Crippen molar-refractivity contribution in [2.24, 2.45) is 5.92 Å². The van der Waals surface area contributed by atoms with Gasteiger partial charge in [0.15, 0.2) is 0 Å². The second kappa shape index (κ2) is 7.18. The minimum Gasteiger partial charge on any atom is -0.396 e. The molecule has 6 heteroatoms. The van der Waals surface area contributed by atoms with Gasteiger partial charge in [-0.15, -0.1) is 0 Å². The number of halogens is 2. The molecule has 0 bridgehead atoms. The van der Waals surface area contributed by atoms with E-state index in [1.807, 2.05) is 6.92 Å². The first-order chi connectivity index (χ1) is 8.52. The Kier molecular flexibility index (Phi) is 5.88. The summed E-state index contributed by atoms with van der Waals surface area (Å²) in [5.74, 6) is -0.336. The molecule has 100 valence electrons. The molecule has 18 heavy (non-hydrogen) atoms. The average molecular weight is 275 g/mol. The van der Waals surface area contributed by atoms with E-state index in [0.717, 1.165) is 0 Å². The van der Waals surface area contributed by atoms with Crippen LogP contribution in [-0.2, 0) is 0 Å². The monoisotopic (exact) mass is 274 g/mol. The van der Waals surface area contributed by atoms with Crippen molar-refractivity contribution >= 4 is 23.3 Å². The van der Waals surface area contributed by atoms with Crippen molar-refractivity contribution in [2.45, 2.75) is 13.3 Å². The summed E-state index contributed by atoms with van der Waals surface area (Å²) in [6.45, 7) is 2.48. The first kappa shape index (κ1) is 14.7. The summed E-state index contributed by atoms with van der Waals surface area (Å²) >= 11 is 5.59. The lowest BCUT2D eigenvalue weighted by Crippen LogP contribution is -2.32. The van der Waals surface area contributed by atoms with Crippen LogP contribution in [0.25, 0.3) is 0 Å². The van der Waals surface area contributed by atoms with Gasteiger partial charge in [-0.25, -0.2) is 9.18 Å². The zero-order valence-corrected chi connectivity index (χ0v) is 10.8. The molecular formula is C12H16ClFN2O2. The Morgan fingerprint density at radius 2 is 2.28 bits per heavy atom. The predicted molar refractivity (Wildman–Crippen MR) is 69.3 cm³/mol. The van der Waals surface area contributed by atoms with Gasteiger partial charge in [-0.1, -0.05) is 18.5 Å². The smallest absolute Gasteiger partial charge is 0.319 e. The minimum atomic E-state index is -0.529. The molecule has 1 atom stereocenters. The van der Waals surface area contributed by atoms with Gasteiger partial charge in [-0.05, 0) is 30.5 Å². The number of anilines is 1. The Bertz CT molecular complexity index is 415. The minimum absolute atomic E-state index is 0.0403. The molecule has 0 heterocycles. The molecule has 0 aliphatic heterocycles. The lowest BCUT2D eigenvalue weighted by molar-refractivity contribution is 0.243. The standard InChI is InChI=1S/C12H16ClFN2O2/c1-8(4-5-17)7-15-12(18)16-9-2-3-11(14)10(13)6-9/h2-3,6,8,17H,4-5,7H2,1H3,(H2,15,16,18). The van der Waals surface area contributed by atoms with Crippen LogP contribution in [0.5, 0.6) is 0 Å². The normalized spacial score (nSPS) is 12.0. The molecule has 0 aromatic heterocycles. The van der Waals surface area contributed by atoms with Gasteiger partial charge in [0.1, 0.15) is 5.82 Å². The van der Waals surface area contributed by atoms with Crippen LogP contribution in [-0.4, -0.2) is 24.3 Å². The van der Waals surface area contributed by atoms with Crippen LogP contribution >= 0.6 is 11.6 Å². The third kappa shape index (κ3) is 4.89. The van der Waals surface area contributed by atoms with E-state index in [0.29, 0.717) is 18.7 Å². The molecule has 3 N–H and O–H groups in total. The lowest BCUT2D eigenvalue weighted by Gasteiger charge is -2.12. The van der Waals surface area contributed by atoms with Gasteiger partial charge in [0.25, 0.3) is 0 Å². The number of benzene rings is 1. The molecule has 1 aromatic carbocycles.